The molecule has 1 atom stereocenters. The molecule has 0 spiro atoms. The van der Waals surface area contributed by atoms with E-state index < -0.39 is 10.0 Å². The minimum atomic E-state index is -3.58. The molecule has 108 valence electrons. The maximum Gasteiger partial charge on any atom is 0.240 e. The predicted octanol–water partition coefficient (Wildman–Crippen LogP) is 2.65. The highest BCUT2D eigenvalue weighted by Gasteiger charge is 2.19. The third-order valence-electron chi connectivity index (χ3n) is 2.60. The first-order valence-corrected chi connectivity index (χ1v) is 8.95. The predicted molar refractivity (Wildman–Crippen MR) is 83.4 cm³/mol. The summed E-state index contributed by atoms with van der Waals surface area (Å²) in [5.74, 6) is 1.68. The molecule has 1 unspecified atom stereocenters. The summed E-state index contributed by atoms with van der Waals surface area (Å²) >= 11 is 7.65. The Morgan fingerprint density at radius 1 is 1.47 bits per heavy atom. The van der Waals surface area contributed by atoms with E-state index in [0.29, 0.717) is 16.3 Å². The van der Waals surface area contributed by atoms with Gasteiger partial charge in [-0.2, -0.15) is 11.8 Å². The molecule has 19 heavy (non-hydrogen) atoms. The highest BCUT2D eigenvalue weighted by molar-refractivity contribution is 7.99. The van der Waals surface area contributed by atoms with Gasteiger partial charge in [0.05, 0.1) is 4.90 Å². The van der Waals surface area contributed by atoms with Crippen LogP contribution in [0.25, 0.3) is 0 Å². The molecule has 3 N–H and O–H groups in total. The first kappa shape index (κ1) is 16.6. The molecule has 0 saturated carbocycles. The Hall–Kier alpha value is -0.430. The number of hydrogen-bond donors (Lipinski definition) is 2. The van der Waals surface area contributed by atoms with Gasteiger partial charge in [-0.05, 0) is 37.3 Å². The van der Waals surface area contributed by atoms with Gasteiger partial charge in [0.25, 0.3) is 0 Å². The smallest absolute Gasteiger partial charge is 0.240 e. The second-order valence-corrected chi connectivity index (χ2v) is 7.74. The van der Waals surface area contributed by atoms with E-state index in [4.69, 9.17) is 17.3 Å². The summed E-state index contributed by atoms with van der Waals surface area (Å²) in [6.07, 6.45) is 0. The molecule has 1 rings (SSSR count). The third-order valence-corrected chi connectivity index (χ3v) is 5.70. The van der Waals surface area contributed by atoms with Crippen LogP contribution in [-0.4, -0.2) is 26.0 Å². The van der Waals surface area contributed by atoms with E-state index in [1.165, 1.54) is 12.1 Å². The lowest BCUT2D eigenvalue weighted by atomic mass is 10.2. The fourth-order valence-electron chi connectivity index (χ4n) is 1.49. The van der Waals surface area contributed by atoms with Crippen LogP contribution in [0, 0.1) is 6.92 Å². The monoisotopic (exact) mass is 322 g/mol. The van der Waals surface area contributed by atoms with Crippen molar-refractivity contribution in [2.45, 2.75) is 31.7 Å². The summed E-state index contributed by atoms with van der Waals surface area (Å²) < 4.78 is 27.0. The molecule has 0 heterocycles. The standard InChI is InChI=1S/C12H19ClN2O2S2/c1-4-18-7-8(2)15-19(16,17)10-5-11(13)9(3)12(14)6-10/h5-6,8,15H,4,7,14H2,1-3H3. The Balaban J connectivity index is 2.95. The molecule has 4 nitrogen and oxygen atoms in total. The first-order valence-electron chi connectivity index (χ1n) is 5.93. The number of anilines is 1. The van der Waals surface area contributed by atoms with Crippen LogP contribution in [0.2, 0.25) is 5.02 Å². The Kier molecular flexibility index (Phi) is 5.98. The molecule has 0 aromatic heterocycles. The lowest BCUT2D eigenvalue weighted by Crippen LogP contribution is -2.34. The molecule has 0 saturated heterocycles. The number of nitrogen functional groups attached to an aromatic ring is 1. The maximum atomic E-state index is 12.2. The number of nitrogens with two attached hydrogens (primary N) is 1. The fourth-order valence-corrected chi connectivity index (χ4v) is 3.86. The van der Waals surface area contributed by atoms with E-state index in [1.54, 1.807) is 18.7 Å². The zero-order chi connectivity index (χ0) is 14.6. The second kappa shape index (κ2) is 6.83. The minimum Gasteiger partial charge on any atom is -0.398 e. The van der Waals surface area contributed by atoms with E-state index in [9.17, 15) is 8.42 Å². The summed E-state index contributed by atoms with van der Waals surface area (Å²) in [4.78, 5) is 0.106. The Bertz CT molecular complexity index is 524. The van der Waals surface area contributed by atoms with Gasteiger partial charge in [-0.1, -0.05) is 18.5 Å². The summed E-state index contributed by atoms with van der Waals surface area (Å²) in [5.41, 5.74) is 6.82. The van der Waals surface area contributed by atoms with Gasteiger partial charge in [-0.3, -0.25) is 0 Å². The van der Waals surface area contributed by atoms with Crippen molar-refractivity contribution in [1.82, 2.24) is 4.72 Å². The number of benzene rings is 1. The number of rotatable bonds is 6. The topological polar surface area (TPSA) is 72.2 Å². The average Bonchev–Trinajstić information content (AvgIpc) is 2.32. The largest absolute Gasteiger partial charge is 0.398 e. The SMILES string of the molecule is CCSCC(C)NS(=O)(=O)c1cc(N)c(C)c(Cl)c1. The molecule has 0 amide bonds. The summed E-state index contributed by atoms with van der Waals surface area (Å²) in [6.45, 7) is 5.62. The highest BCUT2D eigenvalue weighted by Crippen LogP contribution is 2.26. The van der Waals surface area contributed by atoms with Crippen LogP contribution in [0.5, 0.6) is 0 Å². The average molecular weight is 323 g/mol. The lowest BCUT2D eigenvalue weighted by Gasteiger charge is -2.14. The molecule has 0 aliphatic rings. The van der Waals surface area contributed by atoms with Crippen molar-refractivity contribution < 1.29 is 8.42 Å². The number of thioether (sulfide) groups is 1. The van der Waals surface area contributed by atoms with Crippen molar-refractivity contribution in [3.05, 3.63) is 22.7 Å². The first-order chi connectivity index (χ1) is 8.77. The van der Waals surface area contributed by atoms with E-state index in [2.05, 4.69) is 4.72 Å². The number of hydrogen-bond acceptors (Lipinski definition) is 4. The van der Waals surface area contributed by atoms with E-state index in [-0.39, 0.29) is 10.9 Å². The van der Waals surface area contributed by atoms with Gasteiger partial charge in [0.15, 0.2) is 0 Å². The Morgan fingerprint density at radius 2 is 2.11 bits per heavy atom. The molecular weight excluding hydrogens is 304 g/mol. The van der Waals surface area contributed by atoms with Crippen molar-refractivity contribution in [3.63, 3.8) is 0 Å². The van der Waals surface area contributed by atoms with Crippen molar-refractivity contribution in [2.75, 3.05) is 17.2 Å². The van der Waals surface area contributed by atoms with E-state index >= 15 is 0 Å². The second-order valence-electron chi connectivity index (χ2n) is 4.30. The van der Waals surface area contributed by atoms with Crippen molar-refractivity contribution in [2.24, 2.45) is 0 Å². The van der Waals surface area contributed by atoms with Crippen LogP contribution in [0.3, 0.4) is 0 Å². The normalized spacial score (nSPS) is 13.5. The quantitative estimate of drug-likeness (QED) is 0.790. The molecule has 0 fully saturated rings. The third kappa shape index (κ3) is 4.56. The van der Waals surface area contributed by atoms with Gasteiger partial charge in [0.2, 0.25) is 10.0 Å². The van der Waals surface area contributed by atoms with Gasteiger partial charge in [-0.15, -0.1) is 0 Å². The molecule has 0 aliphatic carbocycles. The summed E-state index contributed by atoms with van der Waals surface area (Å²) in [6, 6.07) is 2.72. The van der Waals surface area contributed by atoms with Crippen LogP contribution in [-0.2, 0) is 10.0 Å². The van der Waals surface area contributed by atoms with Crippen LogP contribution < -0.4 is 10.5 Å². The van der Waals surface area contributed by atoms with Crippen LogP contribution >= 0.6 is 23.4 Å². The minimum absolute atomic E-state index is 0.106. The van der Waals surface area contributed by atoms with Gasteiger partial charge in [0.1, 0.15) is 0 Å². The van der Waals surface area contributed by atoms with Gasteiger partial charge >= 0.3 is 0 Å². The Labute approximate surface area is 124 Å². The Morgan fingerprint density at radius 3 is 2.63 bits per heavy atom. The van der Waals surface area contributed by atoms with Gasteiger partial charge in [-0.25, -0.2) is 13.1 Å². The molecule has 0 radical (unpaired) electrons. The zero-order valence-electron chi connectivity index (χ0n) is 11.2. The number of halogens is 1. The molecule has 7 heteroatoms. The van der Waals surface area contributed by atoms with Crippen molar-refractivity contribution >= 4 is 39.1 Å². The van der Waals surface area contributed by atoms with Crippen LogP contribution in [0.1, 0.15) is 19.4 Å². The van der Waals surface area contributed by atoms with Gasteiger partial charge < -0.3 is 5.73 Å². The van der Waals surface area contributed by atoms with Crippen LogP contribution in [0.15, 0.2) is 17.0 Å². The summed E-state index contributed by atoms with van der Waals surface area (Å²) in [7, 11) is -3.58. The molecule has 1 aromatic rings. The van der Waals surface area contributed by atoms with E-state index in [0.717, 1.165) is 11.5 Å². The lowest BCUT2D eigenvalue weighted by molar-refractivity contribution is 0.571. The number of sulfonamides is 1. The molecule has 0 bridgehead atoms. The molecule has 1 aromatic carbocycles. The number of nitrogens with one attached hydrogen (secondary N) is 1. The molecular formula is C12H19ClN2O2S2. The summed E-state index contributed by atoms with van der Waals surface area (Å²) in [5, 5.41) is 0.357. The van der Waals surface area contributed by atoms with Crippen LogP contribution in [0.4, 0.5) is 5.69 Å². The van der Waals surface area contributed by atoms with Crippen molar-refractivity contribution in [3.8, 4) is 0 Å². The van der Waals surface area contributed by atoms with E-state index in [1.807, 2.05) is 13.8 Å². The van der Waals surface area contributed by atoms with Crippen molar-refractivity contribution in [1.29, 1.82) is 0 Å². The zero-order valence-corrected chi connectivity index (χ0v) is 13.6. The fraction of sp³-hybridized carbons (Fsp3) is 0.500. The van der Waals surface area contributed by atoms with Gasteiger partial charge in [0, 0.05) is 22.5 Å². The molecule has 0 aliphatic heterocycles. The highest BCUT2D eigenvalue weighted by atomic mass is 35.5. The maximum absolute atomic E-state index is 12.2.